The lowest BCUT2D eigenvalue weighted by molar-refractivity contribution is 0.732. The highest BCUT2D eigenvalue weighted by atomic mass is 14.2. The molecule has 0 heteroatoms. The first kappa shape index (κ1) is 8.58. The van der Waals surface area contributed by atoms with Gasteiger partial charge in [0.15, 0.2) is 0 Å². The van der Waals surface area contributed by atoms with Crippen molar-refractivity contribution in [1.29, 1.82) is 0 Å². The molecule has 0 aromatic carbocycles. The highest BCUT2D eigenvalue weighted by Crippen LogP contribution is 2.33. The summed E-state index contributed by atoms with van der Waals surface area (Å²) in [4.78, 5) is 0. The lowest BCUT2D eigenvalue weighted by Crippen LogP contribution is -2.08. The maximum Gasteiger partial charge on any atom is -0.00216 e. The van der Waals surface area contributed by atoms with Crippen LogP contribution >= 0.6 is 0 Å². The average molecular weight is 150 g/mol. The minimum atomic E-state index is 0.684. The Balaban J connectivity index is 2.98. The van der Waals surface area contributed by atoms with Crippen LogP contribution in [0.15, 0.2) is 22.3 Å². The van der Waals surface area contributed by atoms with Crippen LogP contribution in [0.4, 0.5) is 0 Å². The fourth-order valence-electron chi connectivity index (χ4n) is 1.74. The molecule has 1 aliphatic rings. The van der Waals surface area contributed by atoms with E-state index in [1.54, 1.807) is 22.3 Å². The third-order valence-electron chi connectivity index (χ3n) is 3.18. The number of hydrogen-bond acceptors (Lipinski definition) is 0. The van der Waals surface area contributed by atoms with Crippen molar-refractivity contribution in [2.45, 2.75) is 41.0 Å². The minimum Gasteiger partial charge on any atom is -0.0698 e. The second-order valence-electron chi connectivity index (χ2n) is 3.83. The monoisotopic (exact) mass is 150 g/mol. The Bertz CT molecular complexity index is 204. The van der Waals surface area contributed by atoms with Gasteiger partial charge in [-0.05, 0) is 40.0 Å². The van der Waals surface area contributed by atoms with Gasteiger partial charge in [0, 0.05) is 0 Å². The highest BCUT2D eigenvalue weighted by molar-refractivity contribution is 5.33. The Kier molecular flexibility index (Phi) is 2.22. The molecule has 0 spiro atoms. The molecule has 0 saturated carbocycles. The zero-order valence-corrected chi connectivity index (χ0v) is 8.28. The summed E-state index contributed by atoms with van der Waals surface area (Å²) in [7, 11) is 0. The molecule has 0 aromatic rings. The Labute approximate surface area is 70.0 Å². The van der Waals surface area contributed by atoms with Crippen LogP contribution in [0, 0.1) is 5.92 Å². The molecule has 0 amide bonds. The quantitative estimate of drug-likeness (QED) is 0.462. The van der Waals surface area contributed by atoms with Gasteiger partial charge < -0.3 is 0 Å². The van der Waals surface area contributed by atoms with Crippen LogP contribution in [-0.2, 0) is 0 Å². The molecule has 0 bridgehead atoms. The minimum absolute atomic E-state index is 0.684. The van der Waals surface area contributed by atoms with Crippen molar-refractivity contribution in [3.63, 3.8) is 0 Å². The fraction of sp³-hybridized carbons (Fsp3) is 0.636. The van der Waals surface area contributed by atoms with Crippen LogP contribution in [0.5, 0.6) is 0 Å². The first-order valence-electron chi connectivity index (χ1n) is 4.36. The Morgan fingerprint density at radius 2 is 1.27 bits per heavy atom. The predicted molar refractivity (Wildman–Crippen MR) is 50.5 cm³/mol. The van der Waals surface area contributed by atoms with E-state index in [-0.39, 0.29) is 0 Å². The SMILES string of the molecule is CC1=C(C)C(C)C(C)=C(C)C1. The molecular weight excluding hydrogens is 132 g/mol. The van der Waals surface area contributed by atoms with E-state index in [4.69, 9.17) is 0 Å². The van der Waals surface area contributed by atoms with Crippen molar-refractivity contribution >= 4 is 0 Å². The van der Waals surface area contributed by atoms with Gasteiger partial charge in [-0.1, -0.05) is 29.2 Å². The van der Waals surface area contributed by atoms with Gasteiger partial charge >= 0.3 is 0 Å². The number of allylic oxidation sites excluding steroid dienone is 4. The molecule has 0 fully saturated rings. The number of rotatable bonds is 0. The molecule has 0 radical (unpaired) electrons. The molecule has 0 aromatic heterocycles. The van der Waals surface area contributed by atoms with Crippen LogP contribution in [0.25, 0.3) is 0 Å². The van der Waals surface area contributed by atoms with Gasteiger partial charge in [-0.15, -0.1) is 0 Å². The summed E-state index contributed by atoms with van der Waals surface area (Å²) in [5.41, 5.74) is 6.29. The summed E-state index contributed by atoms with van der Waals surface area (Å²) in [6.07, 6.45) is 1.20. The number of hydrogen-bond donors (Lipinski definition) is 0. The standard InChI is InChI=1S/C11H18/c1-7-6-8(2)10(4)11(5)9(7)3/h11H,6H2,1-5H3. The summed E-state index contributed by atoms with van der Waals surface area (Å²) in [5, 5.41) is 0. The van der Waals surface area contributed by atoms with Gasteiger partial charge in [0.1, 0.15) is 0 Å². The molecule has 0 saturated heterocycles. The largest absolute Gasteiger partial charge is 0.0698 e. The molecule has 11 heavy (non-hydrogen) atoms. The fourth-order valence-corrected chi connectivity index (χ4v) is 1.74. The summed E-state index contributed by atoms with van der Waals surface area (Å²) in [6.45, 7) is 11.3. The second-order valence-corrected chi connectivity index (χ2v) is 3.83. The van der Waals surface area contributed by atoms with Crippen LogP contribution in [0.2, 0.25) is 0 Å². The van der Waals surface area contributed by atoms with E-state index in [0.717, 1.165) is 0 Å². The van der Waals surface area contributed by atoms with E-state index in [1.165, 1.54) is 6.42 Å². The lowest BCUT2D eigenvalue weighted by atomic mass is 9.81. The summed E-state index contributed by atoms with van der Waals surface area (Å²) in [5.74, 6) is 0.684. The van der Waals surface area contributed by atoms with Crippen molar-refractivity contribution < 1.29 is 0 Å². The third kappa shape index (κ3) is 1.40. The van der Waals surface area contributed by atoms with Gasteiger partial charge in [0.25, 0.3) is 0 Å². The Morgan fingerprint density at radius 3 is 1.64 bits per heavy atom. The molecule has 0 N–H and O–H groups in total. The molecule has 0 atom stereocenters. The maximum absolute atomic E-state index is 2.30. The molecule has 0 heterocycles. The van der Waals surface area contributed by atoms with Crippen molar-refractivity contribution in [2.75, 3.05) is 0 Å². The van der Waals surface area contributed by atoms with E-state index in [1.807, 2.05) is 0 Å². The molecule has 0 nitrogen and oxygen atoms in total. The second kappa shape index (κ2) is 2.84. The van der Waals surface area contributed by atoms with Crippen molar-refractivity contribution in [1.82, 2.24) is 0 Å². The highest BCUT2D eigenvalue weighted by Gasteiger charge is 2.16. The molecule has 1 aliphatic carbocycles. The van der Waals surface area contributed by atoms with E-state index in [9.17, 15) is 0 Å². The van der Waals surface area contributed by atoms with Crippen LogP contribution in [-0.4, -0.2) is 0 Å². The molecular formula is C11H18. The summed E-state index contributed by atoms with van der Waals surface area (Å²) >= 11 is 0. The summed E-state index contributed by atoms with van der Waals surface area (Å²) < 4.78 is 0. The molecule has 62 valence electrons. The van der Waals surface area contributed by atoms with Crippen molar-refractivity contribution in [2.24, 2.45) is 5.92 Å². The molecule has 0 aliphatic heterocycles. The van der Waals surface area contributed by atoms with Gasteiger partial charge in [-0.2, -0.15) is 0 Å². The van der Waals surface area contributed by atoms with Crippen LogP contribution in [0.1, 0.15) is 41.0 Å². The van der Waals surface area contributed by atoms with E-state index < -0.39 is 0 Å². The third-order valence-corrected chi connectivity index (χ3v) is 3.18. The zero-order chi connectivity index (χ0) is 8.59. The van der Waals surface area contributed by atoms with E-state index in [0.29, 0.717) is 5.92 Å². The van der Waals surface area contributed by atoms with E-state index in [2.05, 4.69) is 34.6 Å². The summed E-state index contributed by atoms with van der Waals surface area (Å²) in [6, 6.07) is 0. The van der Waals surface area contributed by atoms with Gasteiger partial charge in [-0.3, -0.25) is 0 Å². The van der Waals surface area contributed by atoms with Gasteiger partial charge in [0.2, 0.25) is 0 Å². The first-order valence-corrected chi connectivity index (χ1v) is 4.36. The zero-order valence-electron chi connectivity index (χ0n) is 8.28. The Morgan fingerprint density at radius 1 is 0.909 bits per heavy atom. The van der Waals surface area contributed by atoms with Crippen molar-refractivity contribution in [3.8, 4) is 0 Å². The van der Waals surface area contributed by atoms with Gasteiger partial charge in [-0.25, -0.2) is 0 Å². The van der Waals surface area contributed by atoms with Gasteiger partial charge in [0.05, 0.1) is 0 Å². The smallest absolute Gasteiger partial charge is 0.00216 e. The molecule has 1 rings (SSSR count). The van der Waals surface area contributed by atoms with Crippen LogP contribution < -0.4 is 0 Å². The Hall–Kier alpha value is -0.520. The van der Waals surface area contributed by atoms with Crippen LogP contribution in [0.3, 0.4) is 0 Å². The predicted octanol–water partition coefficient (Wildman–Crippen LogP) is 3.70. The molecule has 0 unspecified atom stereocenters. The topological polar surface area (TPSA) is 0 Å². The van der Waals surface area contributed by atoms with Crippen molar-refractivity contribution in [3.05, 3.63) is 22.3 Å². The normalized spacial score (nSPS) is 21.5. The maximum atomic E-state index is 2.30. The average Bonchev–Trinajstić information content (AvgIpc) is 1.97. The first-order chi connectivity index (χ1) is 5.04. The van der Waals surface area contributed by atoms with E-state index >= 15 is 0 Å². The lowest BCUT2D eigenvalue weighted by Gasteiger charge is -2.24.